The van der Waals surface area contributed by atoms with Gasteiger partial charge >= 0.3 is 6.18 Å². The van der Waals surface area contributed by atoms with E-state index in [2.05, 4.69) is 0 Å². The van der Waals surface area contributed by atoms with Crippen LogP contribution in [0, 0.1) is 0 Å². The minimum atomic E-state index is -4.47. The van der Waals surface area contributed by atoms with Crippen LogP contribution in [-0.4, -0.2) is 11.0 Å². The number of carbonyl (C=O) groups is 1. The molecule has 6 heteroatoms. The van der Waals surface area contributed by atoms with E-state index in [1.165, 1.54) is 30.6 Å². The second-order valence-electron chi connectivity index (χ2n) is 3.62. The minimum absolute atomic E-state index is 0.0457. The predicted octanol–water partition coefficient (Wildman–Crippen LogP) is 3.87. The molecule has 0 aliphatic heterocycles. The van der Waals surface area contributed by atoms with Crippen molar-refractivity contribution in [3.05, 3.63) is 47.2 Å². The van der Waals surface area contributed by atoms with Crippen molar-refractivity contribution < 1.29 is 18.0 Å². The summed E-state index contributed by atoms with van der Waals surface area (Å²) in [6, 6.07) is 5.08. The van der Waals surface area contributed by atoms with Gasteiger partial charge in [-0.05, 0) is 11.6 Å². The average Bonchev–Trinajstić information content (AvgIpc) is 2.69. The summed E-state index contributed by atoms with van der Waals surface area (Å²) in [6.07, 6.45) is -1.48. The van der Waals surface area contributed by atoms with Crippen molar-refractivity contribution in [2.24, 2.45) is 0 Å². The molecule has 2 aromatic rings. The van der Waals surface area contributed by atoms with E-state index >= 15 is 0 Å². The number of nitrogens with zero attached hydrogens (tertiary/aromatic N) is 1. The van der Waals surface area contributed by atoms with E-state index in [1.54, 1.807) is 0 Å². The summed E-state index contributed by atoms with van der Waals surface area (Å²) >= 11 is 5.83. The Morgan fingerprint density at radius 2 is 1.78 bits per heavy atom. The van der Waals surface area contributed by atoms with Gasteiger partial charge in [-0.2, -0.15) is 13.2 Å². The van der Waals surface area contributed by atoms with Crippen LogP contribution >= 0.6 is 11.6 Å². The Bertz CT molecular complexity index is 589. The Labute approximate surface area is 106 Å². The number of carbonyl (C=O) groups excluding carboxylic acids is 1. The molecule has 18 heavy (non-hydrogen) atoms. The molecule has 0 unspecified atom stereocenters. The third-order valence-corrected chi connectivity index (χ3v) is 2.74. The first-order chi connectivity index (χ1) is 8.43. The molecule has 1 aromatic heterocycles. The first-order valence-electron chi connectivity index (χ1n) is 4.92. The standard InChI is InChI=1S/C12H7ClF3NO/c13-11-6-17(7-18)5-9(11)8-3-1-2-4-10(8)12(14,15)16/h1-7H. The molecule has 0 radical (unpaired) electrons. The van der Waals surface area contributed by atoms with E-state index in [1.807, 2.05) is 0 Å². The van der Waals surface area contributed by atoms with Gasteiger partial charge in [0.15, 0.2) is 0 Å². The van der Waals surface area contributed by atoms with E-state index in [-0.39, 0.29) is 16.1 Å². The topological polar surface area (TPSA) is 22.0 Å². The zero-order valence-electron chi connectivity index (χ0n) is 8.91. The third kappa shape index (κ3) is 2.26. The molecule has 1 heterocycles. The Morgan fingerprint density at radius 3 is 2.33 bits per heavy atom. The van der Waals surface area contributed by atoms with Crippen LogP contribution in [0.25, 0.3) is 11.1 Å². The molecule has 0 amide bonds. The number of hydrogen-bond acceptors (Lipinski definition) is 1. The number of halogens is 4. The molecule has 0 saturated carbocycles. The summed E-state index contributed by atoms with van der Waals surface area (Å²) in [5, 5.41) is 0.0961. The molecule has 0 aliphatic carbocycles. The summed E-state index contributed by atoms with van der Waals surface area (Å²) < 4.78 is 39.6. The van der Waals surface area contributed by atoms with Crippen LogP contribution in [-0.2, 0) is 11.0 Å². The van der Waals surface area contributed by atoms with Crippen molar-refractivity contribution >= 4 is 18.0 Å². The molecule has 0 fully saturated rings. The largest absolute Gasteiger partial charge is 0.417 e. The lowest BCUT2D eigenvalue weighted by molar-refractivity contribution is -0.137. The van der Waals surface area contributed by atoms with Gasteiger partial charge in [-0.1, -0.05) is 29.8 Å². The van der Waals surface area contributed by atoms with Gasteiger partial charge in [-0.3, -0.25) is 9.36 Å². The first kappa shape index (κ1) is 12.7. The summed E-state index contributed by atoms with van der Waals surface area (Å²) in [5.74, 6) is 0. The van der Waals surface area contributed by atoms with Gasteiger partial charge in [0, 0.05) is 18.0 Å². The lowest BCUT2D eigenvalue weighted by Gasteiger charge is -2.11. The van der Waals surface area contributed by atoms with Gasteiger partial charge < -0.3 is 0 Å². The highest BCUT2D eigenvalue weighted by Gasteiger charge is 2.33. The highest BCUT2D eigenvalue weighted by molar-refractivity contribution is 6.33. The molecule has 2 nitrogen and oxygen atoms in total. The summed E-state index contributed by atoms with van der Waals surface area (Å²) in [7, 11) is 0. The lowest BCUT2D eigenvalue weighted by Crippen LogP contribution is -2.06. The monoisotopic (exact) mass is 273 g/mol. The van der Waals surface area contributed by atoms with Crippen molar-refractivity contribution in [3.63, 3.8) is 0 Å². The normalized spacial score (nSPS) is 11.6. The lowest BCUT2D eigenvalue weighted by atomic mass is 10.0. The maximum Gasteiger partial charge on any atom is 0.417 e. The van der Waals surface area contributed by atoms with Gasteiger partial charge in [0.1, 0.15) is 0 Å². The Balaban J connectivity index is 2.64. The zero-order valence-corrected chi connectivity index (χ0v) is 9.66. The number of rotatable bonds is 2. The summed E-state index contributed by atoms with van der Waals surface area (Å²) in [5.41, 5.74) is -0.650. The Kier molecular flexibility index (Phi) is 3.17. The van der Waals surface area contributed by atoms with Crippen molar-refractivity contribution in [2.45, 2.75) is 6.18 Å². The van der Waals surface area contributed by atoms with E-state index < -0.39 is 11.7 Å². The fraction of sp³-hybridized carbons (Fsp3) is 0.0833. The molecule has 1 aromatic carbocycles. The molecule has 0 N–H and O–H groups in total. The summed E-state index contributed by atoms with van der Waals surface area (Å²) in [6.45, 7) is 0. The van der Waals surface area contributed by atoms with Gasteiger partial charge in [0.2, 0.25) is 6.41 Å². The van der Waals surface area contributed by atoms with Crippen LogP contribution in [0.3, 0.4) is 0 Å². The quantitative estimate of drug-likeness (QED) is 0.762. The van der Waals surface area contributed by atoms with Gasteiger partial charge in [0.05, 0.1) is 10.6 Å². The van der Waals surface area contributed by atoms with Crippen LogP contribution in [0.2, 0.25) is 5.02 Å². The Morgan fingerprint density at radius 1 is 1.11 bits per heavy atom. The average molecular weight is 274 g/mol. The number of benzene rings is 1. The van der Waals surface area contributed by atoms with Crippen molar-refractivity contribution in [1.82, 2.24) is 4.57 Å². The van der Waals surface area contributed by atoms with Crippen LogP contribution in [0.5, 0.6) is 0 Å². The molecule has 2 rings (SSSR count). The fourth-order valence-electron chi connectivity index (χ4n) is 1.67. The molecular weight excluding hydrogens is 267 g/mol. The van der Waals surface area contributed by atoms with Crippen LogP contribution in [0.15, 0.2) is 36.7 Å². The third-order valence-electron chi connectivity index (χ3n) is 2.44. The molecule has 0 aliphatic rings. The molecule has 0 saturated heterocycles. The molecule has 0 bridgehead atoms. The van der Waals surface area contributed by atoms with Crippen LogP contribution < -0.4 is 0 Å². The molecule has 94 valence electrons. The van der Waals surface area contributed by atoms with Gasteiger partial charge in [0.25, 0.3) is 0 Å². The molecular formula is C12H7ClF3NO. The molecule has 0 atom stereocenters. The SMILES string of the molecule is O=Cn1cc(Cl)c(-c2ccccc2C(F)(F)F)c1. The van der Waals surface area contributed by atoms with Gasteiger partial charge in [-0.15, -0.1) is 0 Å². The first-order valence-corrected chi connectivity index (χ1v) is 5.30. The van der Waals surface area contributed by atoms with Crippen molar-refractivity contribution in [1.29, 1.82) is 0 Å². The highest BCUT2D eigenvalue weighted by atomic mass is 35.5. The number of hydrogen-bond donors (Lipinski definition) is 0. The zero-order chi connectivity index (χ0) is 13.3. The second kappa shape index (κ2) is 4.49. The van der Waals surface area contributed by atoms with E-state index in [4.69, 9.17) is 11.6 Å². The highest BCUT2D eigenvalue weighted by Crippen LogP contribution is 2.39. The summed E-state index contributed by atoms with van der Waals surface area (Å²) in [4.78, 5) is 10.6. The van der Waals surface area contributed by atoms with Crippen LogP contribution in [0.4, 0.5) is 13.2 Å². The fourth-order valence-corrected chi connectivity index (χ4v) is 1.94. The minimum Gasteiger partial charge on any atom is -0.295 e. The maximum absolute atomic E-state index is 12.8. The van der Waals surface area contributed by atoms with Crippen molar-refractivity contribution in [2.75, 3.05) is 0 Å². The second-order valence-corrected chi connectivity index (χ2v) is 4.02. The molecule has 0 spiro atoms. The van der Waals surface area contributed by atoms with Gasteiger partial charge in [-0.25, -0.2) is 0 Å². The van der Waals surface area contributed by atoms with E-state index in [0.29, 0.717) is 6.41 Å². The van der Waals surface area contributed by atoms with Crippen molar-refractivity contribution in [3.8, 4) is 11.1 Å². The smallest absolute Gasteiger partial charge is 0.295 e. The van der Waals surface area contributed by atoms with Crippen LogP contribution in [0.1, 0.15) is 5.56 Å². The number of alkyl halides is 3. The van der Waals surface area contributed by atoms with E-state index in [0.717, 1.165) is 10.6 Å². The van der Waals surface area contributed by atoms with E-state index in [9.17, 15) is 18.0 Å². The predicted molar refractivity (Wildman–Crippen MR) is 62.0 cm³/mol. The maximum atomic E-state index is 12.8. The number of aromatic nitrogens is 1. The Hall–Kier alpha value is -1.75.